The fourth-order valence-electron chi connectivity index (χ4n) is 2.16. The van der Waals surface area contributed by atoms with E-state index in [1.807, 2.05) is 0 Å². The third-order valence-corrected chi connectivity index (χ3v) is 3.39. The Morgan fingerprint density at radius 1 is 0.765 bits per heavy atom. The van der Waals surface area contributed by atoms with Gasteiger partial charge in [-0.2, -0.15) is 12.3 Å². The summed E-state index contributed by atoms with van der Waals surface area (Å²) in [5.41, 5.74) is 0. The first-order valence-corrected chi connectivity index (χ1v) is 7.64. The molecule has 0 amide bonds. The van der Waals surface area contributed by atoms with Crippen LogP contribution in [0.15, 0.2) is 0 Å². The number of rotatable bonds is 12. The summed E-state index contributed by atoms with van der Waals surface area (Å²) in [6.07, 6.45) is 18.0. The minimum atomic E-state index is 0. The molecule has 0 aliphatic heterocycles. The Bertz CT molecular complexity index is 123. The fourth-order valence-corrected chi connectivity index (χ4v) is 2.16. The molecule has 1 heteroatoms. The molecule has 0 aromatic heterocycles. The summed E-state index contributed by atoms with van der Waals surface area (Å²) in [6, 6.07) is 0. The quantitative estimate of drug-likeness (QED) is 0.299. The topological polar surface area (TPSA) is 0 Å². The Labute approximate surface area is 136 Å². The van der Waals surface area contributed by atoms with Gasteiger partial charge in [0.1, 0.15) is 0 Å². The third-order valence-electron chi connectivity index (χ3n) is 3.39. The average molecular weight is 314 g/mol. The van der Waals surface area contributed by atoms with Gasteiger partial charge >= 0.3 is 0 Å². The van der Waals surface area contributed by atoms with Crippen LogP contribution in [0.1, 0.15) is 91.4 Å². The van der Waals surface area contributed by atoms with E-state index in [1.54, 1.807) is 0 Å². The summed E-state index contributed by atoms with van der Waals surface area (Å²) in [5.74, 6) is 0.850. The van der Waals surface area contributed by atoms with Gasteiger partial charge in [-0.25, -0.2) is 0 Å². The van der Waals surface area contributed by atoms with Crippen molar-refractivity contribution in [2.75, 3.05) is 0 Å². The molecule has 0 fully saturated rings. The van der Waals surface area contributed by atoms with E-state index in [1.165, 1.54) is 70.6 Å². The second-order valence-electron chi connectivity index (χ2n) is 5.27. The molecule has 0 aliphatic rings. The number of hydrogen-bond acceptors (Lipinski definition) is 0. The first-order chi connectivity index (χ1) is 7.81. The van der Waals surface area contributed by atoms with Gasteiger partial charge in [0.25, 0.3) is 0 Å². The Morgan fingerprint density at radius 2 is 1.29 bits per heavy atom. The Balaban J connectivity index is 0. The minimum Gasteiger partial charge on any atom is -0.326 e. The summed E-state index contributed by atoms with van der Waals surface area (Å²) in [7, 11) is 0. The number of hydrogen-bond donors (Lipinski definition) is 0. The van der Waals surface area contributed by atoms with Crippen LogP contribution in [0.25, 0.3) is 0 Å². The Hall–Kier alpha value is 1.10. The van der Waals surface area contributed by atoms with Crippen molar-refractivity contribution >= 4 is 0 Å². The molecular formula is C16H33Y-. The largest absolute Gasteiger partial charge is 0.326 e. The van der Waals surface area contributed by atoms with E-state index in [0.717, 1.165) is 5.92 Å². The molecule has 0 bridgehead atoms. The van der Waals surface area contributed by atoms with Crippen LogP contribution in [-0.2, 0) is 32.7 Å². The smallest absolute Gasteiger partial charge is 0 e. The predicted octanol–water partition coefficient (Wildman–Crippen LogP) is 6.16. The molecule has 0 N–H and O–H groups in total. The van der Waals surface area contributed by atoms with Crippen molar-refractivity contribution in [3.8, 4) is 0 Å². The van der Waals surface area contributed by atoms with Crippen molar-refractivity contribution in [2.24, 2.45) is 5.92 Å². The molecule has 17 heavy (non-hydrogen) atoms. The van der Waals surface area contributed by atoms with E-state index >= 15 is 0 Å². The minimum absolute atomic E-state index is 0. The van der Waals surface area contributed by atoms with Gasteiger partial charge in [0.05, 0.1) is 0 Å². The molecule has 0 rings (SSSR count). The Morgan fingerprint density at radius 3 is 1.88 bits per heavy atom. The maximum atomic E-state index is 2.55. The van der Waals surface area contributed by atoms with Gasteiger partial charge in [0.15, 0.2) is 0 Å². The van der Waals surface area contributed by atoms with Crippen LogP contribution < -0.4 is 0 Å². The van der Waals surface area contributed by atoms with Crippen molar-refractivity contribution in [3.05, 3.63) is 6.42 Å². The monoisotopic (exact) mass is 314 g/mol. The molecule has 0 aliphatic carbocycles. The molecule has 0 heterocycles. The van der Waals surface area contributed by atoms with E-state index in [-0.39, 0.29) is 32.7 Å². The summed E-state index contributed by atoms with van der Waals surface area (Å²) in [6.45, 7) is 6.95. The molecule has 1 radical (unpaired) electrons. The van der Waals surface area contributed by atoms with Gasteiger partial charge in [-0.1, -0.05) is 85.0 Å². The zero-order chi connectivity index (χ0) is 12.1. The van der Waals surface area contributed by atoms with E-state index < -0.39 is 0 Å². The third kappa shape index (κ3) is 17.1. The standard InChI is InChI=1S/C16H33.Y/c1-4-6-8-10-11-13-15-16(3)14-12-9-7-5-2;/h15-16H,4-14H2,1-3H3;/q-1;. The van der Waals surface area contributed by atoms with Crippen molar-refractivity contribution in [1.82, 2.24) is 0 Å². The van der Waals surface area contributed by atoms with Crippen LogP contribution >= 0.6 is 0 Å². The van der Waals surface area contributed by atoms with Gasteiger partial charge in [0.2, 0.25) is 0 Å². The van der Waals surface area contributed by atoms with Crippen LogP contribution in [0.4, 0.5) is 0 Å². The van der Waals surface area contributed by atoms with Gasteiger partial charge in [0, 0.05) is 32.7 Å². The maximum absolute atomic E-state index is 2.55. The zero-order valence-corrected chi connectivity index (χ0v) is 15.3. The number of unbranched alkanes of at least 4 members (excludes halogenated alkanes) is 8. The molecule has 0 nitrogen and oxygen atoms in total. The molecule has 0 aromatic carbocycles. The van der Waals surface area contributed by atoms with E-state index in [2.05, 4.69) is 27.2 Å². The second-order valence-corrected chi connectivity index (χ2v) is 5.27. The van der Waals surface area contributed by atoms with E-state index in [0.29, 0.717) is 0 Å². The molecule has 0 saturated heterocycles. The summed E-state index contributed by atoms with van der Waals surface area (Å²) < 4.78 is 0. The van der Waals surface area contributed by atoms with Crippen molar-refractivity contribution in [2.45, 2.75) is 91.4 Å². The van der Waals surface area contributed by atoms with Gasteiger partial charge in [-0.05, 0) is 0 Å². The molecule has 1 unspecified atom stereocenters. The SMILES string of the molecule is CCCCCCC[CH-]C(C)CCCCCC.[Y]. The molecule has 0 aromatic rings. The van der Waals surface area contributed by atoms with Gasteiger partial charge < -0.3 is 6.42 Å². The summed E-state index contributed by atoms with van der Waals surface area (Å²) >= 11 is 0. The van der Waals surface area contributed by atoms with Crippen LogP contribution in [0.2, 0.25) is 0 Å². The van der Waals surface area contributed by atoms with Crippen LogP contribution in [0, 0.1) is 12.3 Å². The first-order valence-electron chi connectivity index (χ1n) is 7.64. The molecule has 0 spiro atoms. The first kappa shape index (κ1) is 20.4. The molecule has 101 valence electrons. The maximum Gasteiger partial charge on any atom is 0 e. The molecule has 0 saturated carbocycles. The van der Waals surface area contributed by atoms with Crippen LogP contribution in [0.5, 0.6) is 0 Å². The van der Waals surface area contributed by atoms with Crippen molar-refractivity contribution in [1.29, 1.82) is 0 Å². The van der Waals surface area contributed by atoms with Crippen LogP contribution in [-0.4, -0.2) is 0 Å². The molecule has 1 atom stereocenters. The summed E-state index contributed by atoms with van der Waals surface area (Å²) in [4.78, 5) is 0. The fraction of sp³-hybridized carbons (Fsp3) is 0.938. The predicted molar refractivity (Wildman–Crippen MR) is 75.6 cm³/mol. The van der Waals surface area contributed by atoms with Crippen molar-refractivity contribution < 1.29 is 32.7 Å². The zero-order valence-electron chi connectivity index (χ0n) is 12.5. The van der Waals surface area contributed by atoms with Gasteiger partial charge in [-0.15, -0.1) is 0 Å². The van der Waals surface area contributed by atoms with Crippen LogP contribution in [0.3, 0.4) is 0 Å². The van der Waals surface area contributed by atoms with Gasteiger partial charge in [-0.3, -0.25) is 0 Å². The Kier molecular flexibility index (Phi) is 20.5. The summed E-state index contributed by atoms with van der Waals surface area (Å²) in [5, 5.41) is 0. The molecular weight excluding hydrogens is 281 g/mol. The normalized spacial score (nSPS) is 12.2. The van der Waals surface area contributed by atoms with E-state index in [9.17, 15) is 0 Å². The average Bonchev–Trinajstić information content (AvgIpc) is 2.29. The van der Waals surface area contributed by atoms with Crippen molar-refractivity contribution in [3.63, 3.8) is 0 Å². The van der Waals surface area contributed by atoms with E-state index in [4.69, 9.17) is 0 Å². The second kappa shape index (κ2) is 17.1.